The second-order valence-electron chi connectivity index (χ2n) is 4.00. The van der Waals surface area contributed by atoms with Crippen LogP contribution in [-0.4, -0.2) is 24.4 Å². The summed E-state index contributed by atoms with van der Waals surface area (Å²) in [6.07, 6.45) is 2.98. The van der Waals surface area contributed by atoms with Gasteiger partial charge in [-0.2, -0.15) is 5.10 Å². The van der Waals surface area contributed by atoms with Gasteiger partial charge in [-0.3, -0.25) is 5.43 Å². The van der Waals surface area contributed by atoms with E-state index >= 15 is 0 Å². The Hall–Kier alpha value is -1.46. The molecule has 0 spiro atoms. The number of para-hydroxylation sites is 1. The quantitative estimate of drug-likeness (QED) is 0.670. The number of rotatable bonds is 3. The highest BCUT2D eigenvalue weighted by Crippen LogP contribution is 2.25. The molecule has 1 aromatic carbocycles. The van der Waals surface area contributed by atoms with Gasteiger partial charge in [-0.25, -0.2) is 4.98 Å². The fourth-order valence-electron chi connectivity index (χ4n) is 1.79. The molecule has 17 heavy (non-hydrogen) atoms. The maximum Gasteiger partial charge on any atom is 0.204 e. The number of hydrogen-bond donors (Lipinski definition) is 1. The average molecular weight is 247 g/mol. The fraction of sp³-hybridized carbons (Fsp3) is 0.333. The summed E-state index contributed by atoms with van der Waals surface area (Å²) in [6.45, 7) is 1.63. The van der Waals surface area contributed by atoms with Gasteiger partial charge in [0.25, 0.3) is 0 Å². The number of thiazole rings is 1. The fourth-order valence-corrected chi connectivity index (χ4v) is 2.60. The monoisotopic (exact) mass is 247 g/mol. The molecule has 0 radical (unpaired) electrons. The molecule has 0 amide bonds. The predicted molar refractivity (Wildman–Crippen MR) is 70.7 cm³/mol. The van der Waals surface area contributed by atoms with E-state index in [0.717, 1.165) is 30.3 Å². The molecule has 1 fully saturated rings. The standard InChI is InChI=1S/C12H13N3OS/c1-2-4-11-10(3-1)14-12(17-11)15-13-7-9-5-6-16-8-9/h1-4,7,9H,5-6,8H2,(H,14,15)/b13-7+. The Morgan fingerprint density at radius 3 is 3.24 bits per heavy atom. The van der Waals surface area contributed by atoms with Gasteiger partial charge in [0.1, 0.15) is 0 Å². The number of ether oxygens (including phenoxy) is 1. The van der Waals surface area contributed by atoms with Crippen LogP contribution < -0.4 is 5.43 Å². The van der Waals surface area contributed by atoms with Gasteiger partial charge in [-0.05, 0) is 18.6 Å². The minimum absolute atomic E-state index is 0.442. The topological polar surface area (TPSA) is 46.5 Å². The first-order chi connectivity index (χ1) is 8.42. The predicted octanol–water partition coefficient (Wildman–Crippen LogP) is 2.73. The maximum absolute atomic E-state index is 5.28. The first-order valence-corrected chi connectivity index (χ1v) is 6.46. The molecule has 0 aliphatic carbocycles. The number of nitrogens with one attached hydrogen (secondary N) is 1. The van der Waals surface area contributed by atoms with Crippen molar-refractivity contribution in [3.05, 3.63) is 24.3 Å². The van der Waals surface area contributed by atoms with E-state index in [0.29, 0.717) is 5.92 Å². The third-order valence-corrected chi connectivity index (χ3v) is 3.65. The molecule has 3 rings (SSSR count). The molecule has 1 aliphatic heterocycles. The molecule has 0 bridgehead atoms. The van der Waals surface area contributed by atoms with E-state index in [2.05, 4.69) is 21.6 Å². The molecule has 1 aliphatic rings. The van der Waals surface area contributed by atoms with E-state index in [-0.39, 0.29) is 0 Å². The van der Waals surface area contributed by atoms with Crippen molar-refractivity contribution in [1.82, 2.24) is 4.98 Å². The van der Waals surface area contributed by atoms with Crippen LogP contribution >= 0.6 is 11.3 Å². The average Bonchev–Trinajstić information content (AvgIpc) is 2.96. The summed E-state index contributed by atoms with van der Waals surface area (Å²) in [5, 5.41) is 5.05. The molecule has 2 heterocycles. The first kappa shape index (κ1) is 10.7. The second-order valence-corrected chi connectivity index (χ2v) is 5.03. The summed E-state index contributed by atoms with van der Waals surface area (Å²) < 4.78 is 6.45. The van der Waals surface area contributed by atoms with Crippen molar-refractivity contribution in [3.63, 3.8) is 0 Å². The maximum atomic E-state index is 5.28. The lowest BCUT2D eigenvalue weighted by Gasteiger charge is -1.97. The lowest BCUT2D eigenvalue weighted by Crippen LogP contribution is -2.02. The summed E-state index contributed by atoms with van der Waals surface area (Å²) in [5.74, 6) is 0.442. The Morgan fingerprint density at radius 2 is 2.41 bits per heavy atom. The van der Waals surface area contributed by atoms with E-state index in [9.17, 15) is 0 Å². The lowest BCUT2D eigenvalue weighted by atomic mass is 10.1. The minimum Gasteiger partial charge on any atom is -0.381 e. The smallest absolute Gasteiger partial charge is 0.204 e. The number of hydrazone groups is 1. The van der Waals surface area contributed by atoms with Crippen molar-refractivity contribution >= 4 is 32.9 Å². The number of anilines is 1. The van der Waals surface area contributed by atoms with Crippen LogP contribution in [0.1, 0.15) is 6.42 Å². The van der Waals surface area contributed by atoms with Crippen LogP contribution in [0, 0.1) is 5.92 Å². The highest BCUT2D eigenvalue weighted by molar-refractivity contribution is 7.22. The van der Waals surface area contributed by atoms with Crippen molar-refractivity contribution in [2.24, 2.45) is 11.0 Å². The van der Waals surface area contributed by atoms with E-state index < -0.39 is 0 Å². The third kappa shape index (κ3) is 2.45. The molecular weight excluding hydrogens is 234 g/mol. The van der Waals surface area contributed by atoms with Gasteiger partial charge in [0.2, 0.25) is 5.13 Å². The van der Waals surface area contributed by atoms with Crippen molar-refractivity contribution in [2.75, 3.05) is 18.6 Å². The highest BCUT2D eigenvalue weighted by Gasteiger charge is 2.12. The lowest BCUT2D eigenvalue weighted by molar-refractivity contribution is 0.193. The molecule has 1 N–H and O–H groups in total. The molecule has 88 valence electrons. The van der Waals surface area contributed by atoms with Crippen molar-refractivity contribution in [2.45, 2.75) is 6.42 Å². The zero-order valence-electron chi connectivity index (χ0n) is 9.30. The van der Waals surface area contributed by atoms with Crippen LogP contribution in [0.5, 0.6) is 0 Å². The van der Waals surface area contributed by atoms with Crippen molar-refractivity contribution in [1.29, 1.82) is 0 Å². The molecule has 5 heteroatoms. The number of benzene rings is 1. The molecule has 2 aromatic rings. The second kappa shape index (κ2) is 4.81. The zero-order chi connectivity index (χ0) is 11.5. The van der Waals surface area contributed by atoms with Crippen LogP contribution in [0.4, 0.5) is 5.13 Å². The highest BCUT2D eigenvalue weighted by atomic mass is 32.1. The van der Waals surface area contributed by atoms with Gasteiger partial charge in [0.15, 0.2) is 0 Å². The van der Waals surface area contributed by atoms with E-state index in [1.807, 2.05) is 24.4 Å². The number of fused-ring (bicyclic) bond motifs is 1. The summed E-state index contributed by atoms with van der Waals surface area (Å²) in [5.41, 5.74) is 4.00. The van der Waals surface area contributed by atoms with E-state index in [1.165, 1.54) is 4.70 Å². The molecule has 1 aromatic heterocycles. The van der Waals surface area contributed by atoms with Crippen LogP contribution in [0.3, 0.4) is 0 Å². The Kier molecular flexibility index (Phi) is 3.02. The van der Waals surface area contributed by atoms with E-state index in [1.54, 1.807) is 11.3 Å². The Balaban J connectivity index is 1.68. The van der Waals surface area contributed by atoms with Crippen LogP contribution in [0.2, 0.25) is 0 Å². The number of aromatic nitrogens is 1. The minimum atomic E-state index is 0.442. The van der Waals surface area contributed by atoms with Gasteiger partial charge in [-0.15, -0.1) is 0 Å². The number of nitrogens with zero attached hydrogens (tertiary/aromatic N) is 2. The van der Waals surface area contributed by atoms with Crippen molar-refractivity contribution in [3.8, 4) is 0 Å². The number of hydrogen-bond acceptors (Lipinski definition) is 5. The molecule has 4 nitrogen and oxygen atoms in total. The normalized spacial score (nSPS) is 20.4. The van der Waals surface area contributed by atoms with Crippen LogP contribution in [0.15, 0.2) is 29.4 Å². The summed E-state index contributed by atoms with van der Waals surface area (Å²) in [7, 11) is 0. The van der Waals surface area contributed by atoms with Gasteiger partial charge in [0, 0.05) is 18.7 Å². The Morgan fingerprint density at radius 1 is 1.47 bits per heavy atom. The van der Waals surface area contributed by atoms with Gasteiger partial charge in [0.05, 0.1) is 16.8 Å². The van der Waals surface area contributed by atoms with Crippen LogP contribution in [0.25, 0.3) is 10.2 Å². The summed E-state index contributed by atoms with van der Waals surface area (Å²) in [4.78, 5) is 4.44. The first-order valence-electron chi connectivity index (χ1n) is 5.64. The molecule has 1 saturated heterocycles. The SMILES string of the molecule is C(=N\Nc1nc2ccccc2s1)/C1CCOC1. The Labute approximate surface area is 103 Å². The van der Waals surface area contributed by atoms with E-state index in [4.69, 9.17) is 4.74 Å². The van der Waals surface area contributed by atoms with Crippen molar-refractivity contribution < 1.29 is 4.74 Å². The Bertz CT molecular complexity index is 498. The molecule has 1 unspecified atom stereocenters. The van der Waals surface area contributed by atoms with Gasteiger partial charge < -0.3 is 4.74 Å². The molecular formula is C12H13N3OS. The molecule has 0 saturated carbocycles. The van der Waals surface area contributed by atoms with Gasteiger partial charge in [-0.1, -0.05) is 23.5 Å². The largest absolute Gasteiger partial charge is 0.381 e. The third-order valence-electron chi connectivity index (χ3n) is 2.70. The molecule has 1 atom stereocenters. The summed E-state index contributed by atoms with van der Waals surface area (Å²) >= 11 is 1.61. The van der Waals surface area contributed by atoms with Gasteiger partial charge >= 0.3 is 0 Å². The van der Waals surface area contributed by atoms with Crippen LogP contribution in [-0.2, 0) is 4.74 Å². The zero-order valence-corrected chi connectivity index (χ0v) is 10.1. The summed E-state index contributed by atoms with van der Waals surface area (Å²) in [6, 6.07) is 8.08.